The molecule has 1 N–H and O–H groups in total. The summed E-state index contributed by atoms with van der Waals surface area (Å²) in [5.74, 6) is 0.752. The third-order valence-electron chi connectivity index (χ3n) is 5.73. The van der Waals surface area contributed by atoms with Gasteiger partial charge in [0.15, 0.2) is 11.5 Å². The van der Waals surface area contributed by atoms with Crippen LogP contribution >= 0.6 is 0 Å². The van der Waals surface area contributed by atoms with E-state index in [1.807, 2.05) is 43.3 Å². The van der Waals surface area contributed by atoms with Gasteiger partial charge in [0.05, 0.1) is 31.4 Å². The van der Waals surface area contributed by atoms with Gasteiger partial charge in [0.25, 0.3) is 10.0 Å². The standard InChI is InChI=1S/C28H28N2O6S/c1-4-36-22-14-12-21(13-15-22)30(37(32,33)23-16-17-26(34-2)27(18-23)35-3)19-28(31)29-25-11-7-9-20-8-5-6-10-24(20)25/h5-18H,4,19H2,1-3H3,(H,29,31). The van der Waals surface area contributed by atoms with Crippen LogP contribution < -0.4 is 23.8 Å². The maximum Gasteiger partial charge on any atom is 0.264 e. The Hall–Kier alpha value is -4.24. The Bertz CT molecular complexity index is 1500. The fourth-order valence-electron chi connectivity index (χ4n) is 3.95. The SMILES string of the molecule is CCOc1ccc(N(CC(=O)Nc2cccc3ccccc23)S(=O)(=O)c2ccc(OC)c(OC)c2)cc1. The number of ether oxygens (including phenoxy) is 3. The van der Waals surface area contributed by atoms with Gasteiger partial charge < -0.3 is 19.5 Å². The molecule has 0 aliphatic carbocycles. The molecule has 0 heterocycles. The van der Waals surface area contributed by atoms with Crippen LogP contribution in [0.15, 0.2) is 89.8 Å². The lowest BCUT2D eigenvalue weighted by atomic mass is 10.1. The zero-order valence-electron chi connectivity index (χ0n) is 20.8. The summed E-state index contributed by atoms with van der Waals surface area (Å²) in [6.45, 7) is 1.88. The van der Waals surface area contributed by atoms with Gasteiger partial charge in [0.2, 0.25) is 5.91 Å². The summed E-state index contributed by atoms with van der Waals surface area (Å²) in [5, 5.41) is 4.68. The van der Waals surface area contributed by atoms with Crippen LogP contribution in [-0.4, -0.2) is 41.7 Å². The lowest BCUT2D eigenvalue weighted by molar-refractivity contribution is -0.114. The van der Waals surface area contributed by atoms with E-state index in [9.17, 15) is 13.2 Å². The lowest BCUT2D eigenvalue weighted by Crippen LogP contribution is -2.38. The molecule has 0 fully saturated rings. The van der Waals surface area contributed by atoms with Crippen molar-refractivity contribution in [2.24, 2.45) is 0 Å². The van der Waals surface area contributed by atoms with Gasteiger partial charge in [-0.05, 0) is 54.8 Å². The van der Waals surface area contributed by atoms with Crippen molar-refractivity contribution >= 4 is 38.1 Å². The number of carbonyl (C=O) groups excluding carboxylic acids is 1. The highest BCUT2D eigenvalue weighted by molar-refractivity contribution is 7.92. The molecule has 0 aliphatic heterocycles. The van der Waals surface area contributed by atoms with E-state index in [0.29, 0.717) is 29.5 Å². The topological polar surface area (TPSA) is 94.2 Å². The average Bonchev–Trinajstić information content (AvgIpc) is 2.92. The molecular weight excluding hydrogens is 492 g/mol. The Morgan fingerprint density at radius 3 is 2.27 bits per heavy atom. The van der Waals surface area contributed by atoms with Crippen LogP contribution in [0.2, 0.25) is 0 Å². The largest absolute Gasteiger partial charge is 0.494 e. The van der Waals surface area contributed by atoms with Gasteiger partial charge in [-0.2, -0.15) is 0 Å². The number of nitrogens with one attached hydrogen (secondary N) is 1. The molecule has 0 unspecified atom stereocenters. The Morgan fingerprint density at radius 1 is 0.865 bits per heavy atom. The zero-order valence-corrected chi connectivity index (χ0v) is 21.6. The summed E-state index contributed by atoms with van der Waals surface area (Å²) in [6.07, 6.45) is 0. The summed E-state index contributed by atoms with van der Waals surface area (Å²) in [7, 11) is -1.28. The van der Waals surface area contributed by atoms with Crippen molar-refractivity contribution in [2.75, 3.05) is 37.0 Å². The fraction of sp³-hybridized carbons (Fsp3) is 0.179. The van der Waals surface area contributed by atoms with E-state index < -0.39 is 22.5 Å². The highest BCUT2D eigenvalue weighted by Crippen LogP contribution is 2.33. The van der Waals surface area contributed by atoms with Crippen LogP contribution in [0.5, 0.6) is 17.2 Å². The predicted molar refractivity (Wildman–Crippen MR) is 144 cm³/mol. The number of carbonyl (C=O) groups is 1. The van der Waals surface area contributed by atoms with Crippen molar-refractivity contribution in [2.45, 2.75) is 11.8 Å². The minimum Gasteiger partial charge on any atom is -0.494 e. The number of amides is 1. The molecule has 0 saturated carbocycles. The molecule has 8 nitrogen and oxygen atoms in total. The van der Waals surface area contributed by atoms with E-state index >= 15 is 0 Å². The van der Waals surface area contributed by atoms with Crippen molar-refractivity contribution in [3.8, 4) is 17.2 Å². The number of fused-ring (bicyclic) bond motifs is 1. The molecule has 37 heavy (non-hydrogen) atoms. The highest BCUT2D eigenvalue weighted by atomic mass is 32.2. The number of hydrogen-bond donors (Lipinski definition) is 1. The van der Waals surface area contributed by atoms with Crippen molar-refractivity contribution in [3.05, 3.63) is 84.9 Å². The second kappa shape index (κ2) is 11.2. The fourth-order valence-corrected chi connectivity index (χ4v) is 5.39. The molecule has 0 radical (unpaired) electrons. The van der Waals surface area contributed by atoms with Gasteiger partial charge in [-0.3, -0.25) is 9.10 Å². The van der Waals surface area contributed by atoms with E-state index in [1.54, 1.807) is 30.3 Å². The number of rotatable bonds is 10. The first kappa shape index (κ1) is 25.8. The van der Waals surface area contributed by atoms with Crippen LogP contribution in [0.1, 0.15) is 6.92 Å². The van der Waals surface area contributed by atoms with Crippen molar-refractivity contribution < 1.29 is 27.4 Å². The second-order valence-electron chi connectivity index (χ2n) is 8.03. The molecule has 0 spiro atoms. The first-order valence-electron chi connectivity index (χ1n) is 11.6. The Labute approximate surface area is 216 Å². The molecular formula is C28H28N2O6S. The van der Waals surface area contributed by atoms with E-state index in [1.165, 1.54) is 32.4 Å². The quantitative estimate of drug-likeness (QED) is 0.313. The molecule has 4 aromatic carbocycles. The maximum absolute atomic E-state index is 13.8. The van der Waals surface area contributed by atoms with E-state index in [2.05, 4.69) is 5.32 Å². The summed E-state index contributed by atoms with van der Waals surface area (Å²) in [5.41, 5.74) is 0.907. The maximum atomic E-state index is 13.8. The van der Waals surface area contributed by atoms with E-state index in [-0.39, 0.29) is 10.6 Å². The highest BCUT2D eigenvalue weighted by Gasteiger charge is 2.28. The number of methoxy groups -OCH3 is 2. The van der Waals surface area contributed by atoms with Crippen molar-refractivity contribution in [1.29, 1.82) is 0 Å². The predicted octanol–water partition coefficient (Wildman–Crippen LogP) is 5.09. The van der Waals surface area contributed by atoms with Crippen molar-refractivity contribution in [3.63, 3.8) is 0 Å². The van der Waals surface area contributed by atoms with Crippen LogP contribution in [0.25, 0.3) is 10.8 Å². The molecule has 1 amide bonds. The first-order chi connectivity index (χ1) is 17.9. The third kappa shape index (κ3) is 5.62. The van der Waals surface area contributed by atoms with Crippen molar-refractivity contribution in [1.82, 2.24) is 0 Å². The first-order valence-corrected chi connectivity index (χ1v) is 13.1. The number of hydrogen-bond acceptors (Lipinski definition) is 6. The summed E-state index contributed by atoms with van der Waals surface area (Å²) in [6, 6.07) is 24.0. The van der Waals surface area contributed by atoms with Crippen LogP contribution in [-0.2, 0) is 14.8 Å². The monoisotopic (exact) mass is 520 g/mol. The molecule has 0 bridgehead atoms. The number of anilines is 2. The normalized spacial score (nSPS) is 11.1. The summed E-state index contributed by atoms with van der Waals surface area (Å²) < 4.78 is 44.7. The Morgan fingerprint density at radius 2 is 1.57 bits per heavy atom. The van der Waals surface area contributed by atoms with Crippen LogP contribution in [0.4, 0.5) is 11.4 Å². The van der Waals surface area contributed by atoms with Gasteiger partial charge >= 0.3 is 0 Å². The Kier molecular flexibility index (Phi) is 7.83. The number of benzene rings is 4. The summed E-state index contributed by atoms with van der Waals surface area (Å²) >= 11 is 0. The van der Waals surface area contributed by atoms with Gasteiger partial charge in [-0.25, -0.2) is 8.42 Å². The van der Waals surface area contributed by atoms with Gasteiger partial charge in [-0.1, -0.05) is 36.4 Å². The number of sulfonamides is 1. The van der Waals surface area contributed by atoms with E-state index in [0.717, 1.165) is 15.1 Å². The molecule has 0 atom stereocenters. The Balaban J connectivity index is 1.71. The molecule has 4 aromatic rings. The molecule has 4 rings (SSSR count). The molecule has 192 valence electrons. The van der Waals surface area contributed by atoms with E-state index in [4.69, 9.17) is 14.2 Å². The number of nitrogens with zero attached hydrogens (tertiary/aromatic N) is 1. The van der Waals surface area contributed by atoms with Crippen LogP contribution in [0.3, 0.4) is 0 Å². The summed E-state index contributed by atoms with van der Waals surface area (Å²) in [4.78, 5) is 13.2. The molecule has 0 aliphatic rings. The third-order valence-corrected chi connectivity index (χ3v) is 7.50. The second-order valence-corrected chi connectivity index (χ2v) is 9.89. The van der Waals surface area contributed by atoms with Gasteiger partial charge in [0.1, 0.15) is 12.3 Å². The average molecular weight is 521 g/mol. The minimum absolute atomic E-state index is 0.0444. The zero-order chi connectivity index (χ0) is 26.4. The van der Waals surface area contributed by atoms with Gasteiger partial charge in [0, 0.05) is 17.1 Å². The molecule has 0 saturated heterocycles. The molecule has 0 aromatic heterocycles. The smallest absolute Gasteiger partial charge is 0.264 e. The van der Waals surface area contributed by atoms with Crippen LogP contribution in [0, 0.1) is 0 Å². The molecule has 9 heteroatoms. The lowest BCUT2D eigenvalue weighted by Gasteiger charge is -2.25. The minimum atomic E-state index is -4.17. The van der Waals surface area contributed by atoms with Gasteiger partial charge in [-0.15, -0.1) is 0 Å².